The SMILES string of the molecule is CCc1cccc(OC[C@@H](C)O)c1. The van der Waals surface area contributed by atoms with Gasteiger partial charge < -0.3 is 9.84 Å². The predicted molar refractivity (Wildman–Crippen MR) is 53.0 cm³/mol. The Labute approximate surface area is 79.2 Å². The first-order valence-electron chi connectivity index (χ1n) is 4.62. The van der Waals surface area contributed by atoms with Crippen LogP contribution in [-0.4, -0.2) is 17.8 Å². The Morgan fingerprint density at radius 1 is 1.46 bits per heavy atom. The molecule has 0 saturated heterocycles. The van der Waals surface area contributed by atoms with Gasteiger partial charge >= 0.3 is 0 Å². The number of benzene rings is 1. The molecule has 2 heteroatoms. The molecule has 0 aliphatic rings. The first kappa shape index (κ1) is 10.1. The summed E-state index contributed by atoms with van der Waals surface area (Å²) in [6.45, 7) is 4.17. The molecule has 0 amide bonds. The largest absolute Gasteiger partial charge is 0.491 e. The summed E-state index contributed by atoms with van der Waals surface area (Å²) in [5.41, 5.74) is 1.25. The number of hydrogen-bond acceptors (Lipinski definition) is 2. The number of aliphatic hydroxyl groups is 1. The second-order valence-electron chi connectivity index (χ2n) is 3.16. The van der Waals surface area contributed by atoms with E-state index in [1.54, 1.807) is 6.92 Å². The molecule has 0 aliphatic heterocycles. The van der Waals surface area contributed by atoms with Crippen LogP contribution in [0.4, 0.5) is 0 Å². The maximum absolute atomic E-state index is 9.02. The van der Waals surface area contributed by atoms with Crippen LogP contribution in [0.25, 0.3) is 0 Å². The smallest absolute Gasteiger partial charge is 0.119 e. The van der Waals surface area contributed by atoms with Crippen LogP contribution in [0.2, 0.25) is 0 Å². The highest BCUT2D eigenvalue weighted by Crippen LogP contribution is 2.13. The molecule has 1 atom stereocenters. The number of aliphatic hydroxyl groups excluding tert-OH is 1. The third kappa shape index (κ3) is 3.47. The van der Waals surface area contributed by atoms with E-state index in [0.29, 0.717) is 6.61 Å². The molecule has 0 aromatic heterocycles. The Morgan fingerprint density at radius 2 is 2.23 bits per heavy atom. The van der Waals surface area contributed by atoms with Crippen molar-refractivity contribution in [1.82, 2.24) is 0 Å². The molecular formula is C11H16O2. The Kier molecular flexibility index (Phi) is 3.77. The van der Waals surface area contributed by atoms with Gasteiger partial charge in [0.15, 0.2) is 0 Å². The van der Waals surface area contributed by atoms with Crippen molar-refractivity contribution >= 4 is 0 Å². The molecule has 0 spiro atoms. The highest BCUT2D eigenvalue weighted by atomic mass is 16.5. The van der Waals surface area contributed by atoms with Gasteiger partial charge in [-0.05, 0) is 31.0 Å². The van der Waals surface area contributed by atoms with Crippen molar-refractivity contribution in [3.05, 3.63) is 29.8 Å². The Balaban J connectivity index is 2.56. The summed E-state index contributed by atoms with van der Waals surface area (Å²) in [7, 11) is 0. The zero-order valence-electron chi connectivity index (χ0n) is 8.16. The molecule has 1 rings (SSSR count). The van der Waals surface area contributed by atoms with Gasteiger partial charge in [-0.1, -0.05) is 19.1 Å². The van der Waals surface area contributed by atoms with Crippen molar-refractivity contribution in [2.45, 2.75) is 26.4 Å². The standard InChI is InChI=1S/C11H16O2/c1-3-10-5-4-6-11(7-10)13-8-9(2)12/h4-7,9,12H,3,8H2,1-2H3/t9-/m1/s1. The molecule has 13 heavy (non-hydrogen) atoms. The van der Waals surface area contributed by atoms with Crippen molar-refractivity contribution in [1.29, 1.82) is 0 Å². The summed E-state index contributed by atoms with van der Waals surface area (Å²) >= 11 is 0. The van der Waals surface area contributed by atoms with Crippen LogP contribution < -0.4 is 4.74 Å². The summed E-state index contributed by atoms with van der Waals surface area (Å²) < 4.78 is 5.36. The first-order chi connectivity index (χ1) is 6.22. The maximum atomic E-state index is 9.02. The molecule has 0 radical (unpaired) electrons. The van der Waals surface area contributed by atoms with E-state index in [9.17, 15) is 0 Å². The zero-order valence-corrected chi connectivity index (χ0v) is 8.16. The molecule has 0 aliphatic carbocycles. The van der Waals surface area contributed by atoms with Gasteiger partial charge in [0.2, 0.25) is 0 Å². The van der Waals surface area contributed by atoms with E-state index in [1.807, 2.05) is 18.2 Å². The molecule has 1 aromatic rings. The minimum absolute atomic E-state index is 0.354. The topological polar surface area (TPSA) is 29.5 Å². The lowest BCUT2D eigenvalue weighted by Crippen LogP contribution is -2.12. The van der Waals surface area contributed by atoms with Crippen molar-refractivity contribution < 1.29 is 9.84 Å². The first-order valence-corrected chi connectivity index (χ1v) is 4.62. The quantitative estimate of drug-likeness (QED) is 0.768. The fourth-order valence-corrected chi connectivity index (χ4v) is 1.07. The van der Waals surface area contributed by atoms with Crippen LogP contribution in [0.1, 0.15) is 19.4 Å². The van der Waals surface area contributed by atoms with Crippen LogP contribution in [0.5, 0.6) is 5.75 Å². The molecular weight excluding hydrogens is 164 g/mol. The average molecular weight is 180 g/mol. The lowest BCUT2D eigenvalue weighted by molar-refractivity contribution is 0.122. The monoisotopic (exact) mass is 180 g/mol. The number of hydrogen-bond donors (Lipinski definition) is 1. The van der Waals surface area contributed by atoms with Crippen LogP contribution in [0.3, 0.4) is 0 Å². The normalized spacial score (nSPS) is 12.5. The number of rotatable bonds is 4. The van der Waals surface area contributed by atoms with Crippen LogP contribution in [-0.2, 0) is 6.42 Å². The third-order valence-electron chi connectivity index (χ3n) is 1.80. The van der Waals surface area contributed by atoms with Gasteiger partial charge in [-0.2, -0.15) is 0 Å². The van der Waals surface area contributed by atoms with Crippen molar-refractivity contribution in [2.75, 3.05) is 6.61 Å². The number of aryl methyl sites for hydroxylation is 1. The van der Waals surface area contributed by atoms with E-state index in [4.69, 9.17) is 9.84 Å². The van der Waals surface area contributed by atoms with E-state index >= 15 is 0 Å². The summed E-state index contributed by atoms with van der Waals surface area (Å²) in [5, 5.41) is 9.02. The predicted octanol–water partition coefficient (Wildman–Crippen LogP) is 2.01. The van der Waals surface area contributed by atoms with Crippen molar-refractivity contribution in [3.63, 3.8) is 0 Å². The van der Waals surface area contributed by atoms with Gasteiger partial charge in [0, 0.05) is 0 Å². The highest BCUT2D eigenvalue weighted by molar-refractivity contribution is 5.28. The van der Waals surface area contributed by atoms with Gasteiger partial charge in [0.1, 0.15) is 12.4 Å². The van der Waals surface area contributed by atoms with E-state index in [0.717, 1.165) is 12.2 Å². The third-order valence-corrected chi connectivity index (χ3v) is 1.80. The second kappa shape index (κ2) is 4.87. The minimum atomic E-state index is -0.412. The fourth-order valence-electron chi connectivity index (χ4n) is 1.07. The number of ether oxygens (including phenoxy) is 1. The van der Waals surface area contributed by atoms with Gasteiger partial charge in [0.05, 0.1) is 6.10 Å². The zero-order chi connectivity index (χ0) is 9.68. The summed E-state index contributed by atoms with van der Waals surface area (Å²) in [5.74, 6) is 0.834. The van der Waals surface area contributed by atoms with Gasteiger partial charge in [-0.3, -0.25) is 0 Å². The summed E-state index contributed by atoms with van der Waals surface area (Å²) in [4.78, 5) is 0. The Morgan fingerprint density at radius 3 is 2.85 bits per heavy atom. The molecule has 72 valence electrons. The highest BCUT2D eigenvalue weighted by Gasteiger charge is 1.98. The lowest BCUT2D eigenvalue weighted by Gasteiger charge is -2.08. The van der Waals surface area contributed by atoms with E-state index in [1.165, 1.54) is 5.56 Å². The minimum Gasteiger partial charge on any atom is -0.491 e. The van der Waals surface area contributed by atoms with Crippen molar-refractivity contribution in [3.8, 4) is 5.75 Å². The molecule has 0 unspecified atom stereocenters. The Hall–Kier alpha value is -1.02. The summed E-state index contributed by atoms with van der Waals surface area (Å²) in [6, 6.07) is 7.94. The molecule has 2 nitrogen and oxygen atoms in total. The molecule has 0 bridgehead atoms. The van der Waals surface area contributed by atoms with Crippen LogP contribution in [0, 0.1) is 0 Å². The molecule has 0 saturated carbocycles. The molecule has 0 fully saturated rings. The van der Waals surface area contributed by atoms with Crippen LogP contribution in [0.15, 0.2) is 24.3 Å². The van der Waals surface area contributed by atoms with E-state index in [2.05, 4.69) is 13.0 Å². The Bertz CT molecular complexity index is 256. The van der Waals surface area contributed by atoms with E-state index < -0.39 is 6.10 Å². The van der Waals surface area contributed by atoms with Gasteiger partial charge in [0.25, 0.3) is 0 Å². The van der Waals surface area contributed by atoms with Crippen LogP contribution >= 0.6 is 0 Å². The van der Waals surface area contributed by atoms with Gasteiger partial charge in [-0.15, -0.1) is 0 Å². The van der Waals surface area contributed by atoms with Crippen molar-refractivity contribution in [2.24, 2.45) is 0 Å². The molecule has 1 aromatic carbocycles. The fraction of sp³-hybridized carbons (Fsp3) is 0.455. The van der Waals surface area contributed by atoms with E-state index in [-0.39, 0.29) is 0 Å². The lowest BCUT2D eigenvalue weighted by atomic mass is 10.2. The average Bonchev–Trinajstić information content (AvgIpc) is 2.15. The second-order valence-corrected chi connectivity index (χ2v) is 3.16. The van der Waals surface area contributed by atoms with Gasteiger partial charge in [-0.25, -0.2) is 0 Å². The maximum Gasteiger partial charge on any atom is 0.119 e. The molecule has 1 N–H and O–H groups in total. The molecule has 0 heterocycles. The summed E-state index contributed by atoms with van der Waals surface area (Å²) in [6.07, 6.45) is 0.594.